The summed E-state index contributed by atoms with van der Waals surface area (Å²) in [6, 6.07) is 13.4. The molecule has 0 aromatic heterocycles. The molecule has 5 nitrogen and oxygen atoms in total. The summed E-state index contributed by atoms with van der Waals surface area (Å²) in [6.07, 6.45) is 0. The summed E-state index contributed by atoms with van der Waals surface area (Å²) < 4.78 is 23.0. The third-order valence-electron chi connectivity index (χ3n) is 3.67. The van der Waals surface area contributed by atoms with E-state index in [1.165, 1.54) is 23.1 Å². The van der Waals surface area contributed by atoms with Gasteiger partial charge in [0.25, 0.3) is 5.91 Å². The molecule has 2 aromatic carbocycles. The van der Waals surface area contributed by atoms with Crippen molar-refractivity contribution in [1.82, 2.24) is 4.90 Å². The average Bonchev–Trinajstić information content (AvgIpc) is 2.53. The van der Waals surface area contributed by atoms with E-state index >= 15 is 0 Å². The third kappa shape index (κ3) is 3.90. The molecule has 23 heavy (non-hydrogen) atoms. The molecule has 2 aromatic rings. The summed E-state index contributed by atoms with van der Waals surface area (Å²) in [5, 5.41) is 5.11. The lowest BCUT2D eigenvalue weighted by atomic mass is 10.1. The number of nitrogens with two attached hydrogens (primary N) is 1. The molecule has 0 bridgehead atoms. The minimum Gasteiger partial charge on any atom is -0.335 e. The first kappa shape index (κ1) is 17.5. The first-order valence-corrected chi connectivity index (χ1v) is 8.78. The van der Waals surface area contributed by atoms with Crippen LogP contribution in [-0.4, -0.2) is 26.3 Å². The largest absolute Gasteiger partial charge is 0.335 e. The quantitative estimate of drug-likeness (QED) is 0.918. The van der Waals surface area contributed by atoms with E-state index in [-0.39, 0.29) is 27.4 Å². The van der Waals surface area contributed by atoms with Crippen molar-refractivity contribution in [3.05, 3.63) is 64.7 Å². The molecule has 2 rings (SSSR count). The highest BCUT2D eigenvalue weighted by Gasteiger charge is 2.21. The van der Waals surface area contributed by atoms with Gasteiger partial charge in [0, 0.05) is 12.6 Å². The molecule has 0 spiro atoms. The molecule has 0 aliphatic heterocycles. The molecule has 1 atom stereocenters. The van der Waals surface area contributed by atoms with Crippen LogP contribution in [-0.2, 0) is 10.0 Å². The Kier molecular flexibility index (Phi) is 5.09. The number of hydrogen-bond donors (Lipinski definition) is 1. The highest BCUT2D eigenvalue weighted by atomic mass is 35.5. The van der Waals surface area contributed by atoms with Crippen LogP contribution in [0.5, 0.6) is 0 Å². The number of rotatable bonds is 4. The van der Waals surface area contributed by atoms with Crippen LogP contribution in [0.3, 0.4) is 0 Å². The molecule has 0 fully saturated rings. The number of carbonyl (C=O) groups is 1. The molecular weight excluding hydrogens is 336 g/mol. The standard InChI is InChI=1S/C16H17ClN2O3S/c1-11(12-6-4-3-5-7-12)19(2)16(20)13-8-9-14(17)15(10-13)23(18,21)22/h3-11H,1-2H3,(H2,18,21,22)/t11-/m1/s1. The molecule has 0 unspecified atom stereocenters. The maximum atomic E-state index is 12.6. The van der Waals surface area contributed by atoms with Crippen molar-refractivity contribution in [2.45, 2.75) is 17.9 Å². The fraction of sp³-hybridized carbons (Fsp3) is 0.188. The minimum atomic E-state index is -3.99. The zero-order valence-electron chi connectivity index (χ0n) is 12.7. The number of hydrogen-bond acceptors (Lipinski definition) is 3. The Balaban J connectivity index is 2.34. The van der Waals surface area contributed by atoms with Crippen molar-refractivity contribution >= 4 is 27.5 Å². The third-order valence-corrected chi connectivity index (χ3v) is 5.06. The summed E-state index contributed by atoms with van der Waals surface area (Å²) in [5.41, 5.74) is 1.19. The Morgan fingerprint density at radius 1 is 1.17 bits per heavy atom. The maximum Gasteiger partial charge on any atom is 0.254 e. The predicted molar refractivity (Wildman–Crippen MR) is 89.8 cm³/mol. The molecule has 0 saturated carbocycles. The highest BCUT2D eigenvalue weighted by molar-refractivity contribution is 7.89. The van der Waals surface area contributed by atoms with Crippen molar-refractivity contribution in [3.63, 3.8) is 0 Å². The van der Waals surface area contributed by atoms with Crippen LogP contribution < -0.4 is 5.14 Å². The zero-order chi connectivity index (χ0) is 17.2. The summed E-state index contributed by atoms with van der Waals surface area (Å²) >= 11 is 5.84. The van der Waals surface area contributed by atoms with Crippen LogP contribution >= 0.6 is 11.6 Å². The molecule has 0 aliphatic carbocycles. The number of carbonyl (C=O) groups excluding carboxylic acids is 1. The lowest BCUT2D eigenvalue weighted by molar-refractivity contribution is 0.0742. The number of primary sulfonamides is 1. The Morgan fingerprint density at radius 3 is 2.35 bits per heavy atom. The Labute approximate surface area is 140 Å². The van der Waals surface area contributed by atoms with Gasteiger partial charge in [-0.1, -0.05) is 41.9 Å². The fourth-order valence-electron chi connectivity index (χ4n) is 2.19. The van der Waals surface area contributed by atoms with Crippen molar-refractivity contribution in [3.8, 4) is 0 Å². The first-order valence-electron chi connectivity index (χ1n) is 6.86. The number of benzene rings is 2. The van der Waals surface area contributed by atoms with Crippen LogP contribution in [0.4, 0.5) is 0 Å². The molecule has 2 N–H and O–H groups in total. The number of amides is 1. The van der Waals surface area contributed by atoms with Crippen molar-refractivity contribution < 1.29 is 13.2 Å². The molecule has 122 valence electrons. The Hall–Kier alpha value is -1.89. The molecule has 0 radical (unpaired) electrons. The van der Waals surface area contributed by atoms with E-state index in [1.807, 2.05) is 37.3 Å². The summed E-state index contributed by atoms with van der Waals surface area (Å²) in [6.45, 7) is 1.89. The Morgan fingerprint density at radius 2 is 1.78 bits per heavy atom. The number of sulfonamides is 1. The second-order valence-corrected chi connectivity index (χ2v) is 7.13. The first-order chi connectivity index (χ1) is 10.7. The van der Waals surface area contributed by atoms with E-state index in [9.17, 15) is 13.2 Å². The second-order valence-electron chi connectivity index (χ2n) is 5.19. The van der Waals surface area contributed by atoms with Crippen LogP contribution in [0.15, 0.2) is 53.4 Å². The maximum absolute atomic E-state index is 12.6. The van der Waals surface area contributed by atoms with Gasteiger partial charge in [0.15, 0.2) is 0 Å². The molecule has 0 heterocycles. The van der Waals surface area contributed by atoms with Gasteiger partial charge in [0.1, 0.15) is 4.90 Å². The number of nitrogens with zero attached hydrogens (tertiary/aromatic N) is 1. The van der Waals surface area contributed by atoms with Crippen LogP contribution in [0.2, 0.25) is 5.02 Å². The molecular formula is C16H17ClN2O3S. The second kappa shape index (κ2) is 6.70. The van der Waals surface area contributed by atoms with Gasteiger partial charge in [-0.15, -0.1) is 0 Å². The Bertz CT molecular complexity index is 822. The van der Waals surface area contributed by atoms with E-state index < -0.39 is 10.0 Å². The normalized spacial score (nSPS) is 12.7. The highest BCUT2D eigenvalue weighted by Crippen LogP contribution is 2.24. The van der Waals surface area contributed by atoms with E-state index in [0.717, 1.165) is 5.56 Å². The van der Waals surface area contributed by atoms with Gasteiger partial charge in [0.05, 0.1) is 11.1 Å². The molecule has 0 aliphatic rings. The SMILES string of the molecule is C[C@H](c1ccccc1)N(C)C(=O)c1ccc(Cl)c(S(N)(=O)=O)c1. The van der Waals surface area contributed by atoms with Gasteiger partial charge >= 0.3 is 0 Å². The average molecular weight is 353 g/mol. The fourth-order valence-corrected chi connectivity index (χ4v) is 3.26. The lowest BCUT2D eigenvalue weighted by Gasteiger charge is -2.25. The van der Waals surface area contributed by atoms with Crippen LogP contribution in [0.25, 0.3) is 0 Å². The van der Waals surface area contributed by atoms with Gasteiger partial charge in [-0.25, -0.2) is 13.6 Å². The van der Waals surface area contributed by atoms with Gasteiger partial charge in [-0.05, 0) is 30.7 Å². The van der Waals surface area contributed by atoms with Gasteiger partial charge in [-0.3, -0.25) is 4.79 Å². The zero-order valence-corrected chi connectivity index (χ0v) is 14.3. The van der Waals surface area contributed by atoms with Crippen LogP contribution in [0, 0.1) is 0 Å². The predicted octanol–water partition coefficient (Wildman–Crippen LogP) is 2.82. The number of halogens is 1. The van der Waals surface area contributed by atoms with Crippen LogP contribution in [0.1, 0.15) is 28.9 Å². The summed E-state index contributed by atoms with van der Waals surface area (Å²) in [5.74, 6) is -0.317. The van der Waals surface area contributed by atoms with E-state index in [0.29, 0.717) is 0 Å². The minimum absolute atomic E-state index is 0.0113. The lowest BCUT2D eigenvalue weighted by Crippen LogP contribution is -2.30. The van der Waals surface area contributed by atoms with E-state index in [4.69, 9.17) is 16.7 Å². The van der Waals surface area contributed by atoms with Crippen molar-refractivity contribution in [1.29, 1.82) is 0 Å². The van der Waals surface area contributed by atoms with Gasteiger partial charge < -0.3 is 4.90 Å². The van der Waals surface area contributed by atoms with Gasteiger partial charge in [-0.2, -0.15) is 0 Å². The smallest absolute Gasteiger partial charge is 0.254 e. The molecule has 0 saturated heterocycles. The summed E-state index contributed by atoms with van der Waals surface area (Å²) in [4.78, 5) is 13.9. The van der Waals surface area contributed by atoms with Crippen molar-refractivity contribution in [2.75, 3.05) is 7.05 Å². The molecule has 1 amide bonds. The summed E-state index contributed by atoms with van der Waals surface area (Å²) in [7, 11) is -2.33. The van der Waals surface area contributed by atoms with E-state index in [1.54, 1.807) is 7.05 Å². The van der Waals surface area contributed by atoms with Crippen molar-refractivity contribution in [2.24, 2.45) is 5.14 Å². The topological polar surface area (TPSA) is 80.5 Å². The van der Waals surface area contributed by atoms with E-state index in [2.05, 4.69) is 0 Å². The van der Waals surface area contributed by atoms with Gasteiger partial charge in [0.2, 0.25) is 10.0 Å². The molecule has 7 heteroatoms. The monoisotopic (exact) mass is 352 g/mol.